The van der Waals surface area contributed by atoms with Gasteiger partial charge in [-0.05, 0) is 0 Å². The van der Waals surface area contributed by atoms with Gasteiger partial charge in [0.1, 0.15) is 0 Å². The van der Waals surface area contributed by atoms with Gasteiger partial charge in [-0.1, -0.05) is 0 Å². The molecule has 0 heterocycles. The fraction of sp³-hybridized carbons (Fsp3) is 0. The average Bonchev–Trinajstić information content (AvgIpc) is 0. The first-order valence-corrected chi connectivity index (χ1v) is 0. The van der Waals surface area contributed by atoms with Gasteiger partial charge in [0, 0.05) is 67.4 Å². The van der Waals surface area contributed by atoms with Crippen LogP contribution < -0.4 is 0 Å². The van der Waals surface area contributed by atoms with Crippen LogP contribution in [0.15, 0.2) is 0 Å². The molecule has 3 radical (unpaired) electrons. The molecule has 0 fully saturated rings. The van der Waals surface area contributed by atoms with E-state index >= 15 is 0 Å². The van der Waals surface area contributed by atoms with Crippen LogP contribution in [0.1, 0.15) is 0 Å². The van der Waals surface area contributed by atoms with E-state index < -0.39 is 0 Å². The second-order valence-corrected chi connectivity index (χ2v) is 0. The zero-order chi connectivity index (χ0) is 0. The first kappa shape index (κ1) is 49.4. The van der Waals surface area contributed by atoms with Crippen LogP contribution >= 0.6 is 0 Å². The molecule has 0 bridgehead atoms. The summed E-state index contributed by atoms with van der Waals surface area (Å²) in [5, 5.41) is 0. The van der Waals surface area contributed by atoms with Crippen LogP contribution in [0.2, 0.25) is 0 Å². The summed E-state index contributed by atoms with van der Waals surface area (Å²) in [6.45, 7) is 0. The summed E-state index contributed by atoms with van der Waals surface area (Å²) in [5.41, 5.74) is 0. The molecule has 0 nitrogen and oxygen atoms in total. The predicted octanol–water partition coefficient (Wildman–Crippen LogP) is -1.19. The summed E-state index contributed by atoms with van der Waals surface area (Å²) in [4.78, 5) is 0. The molecule has 0 unspecified atom stereocenters. The summed E-state index contributed by atoms with van der Waals surface area (Å²) < 4.78 is 0. The maximum Gasteiger partial charge on any atom is 0.187 e. The molecule has 0 rings (SSSR count). The Bertz CT molecular complexity index is 11.6. The second kappa shape index (κ2) is 30.8. The fourth-order valence-electron chi connectivity index (χ4n) is 0. The van der Waals surface area contributed by atoms with Gasteiger partial charge in [0.05, 0.1) is 0 Å². The van der Waals surface area contributed by atoms with Crippen molar-refractivity contribution in [2.45, 2.75) is 0 Å². The molecule has 0 N–H and O–H groups in total. The van der Waals surface area contributed by atoms with Gasteiger partial charge < -0.3 is 0 Å². The first-order valence-electron chi connectivity index (χ1n) is 0. The Morgan fingerprint density at radius 1 is 1.00 bits per heavy atom. The molecule has 0 saturated heterocycles. The summed E-state index contributed by atoms with van der Waals surface area (Å²) in [6, 6.07) is 0. The van der Waals surface area contributed by atoms with Crippen LogP contribution in [0, 0.1) is 0 Å². The second-order valence-electron chi connectivity index (χ2n) is 0. The van der Waals surface area contributed by atoms with Gasteiger partial charge in [-0.15, -0.1) is 0 Å². The molecule has 0 amide bonds. The van der Waals surface area contributed by atoms with Crippen molar-refractivity contribution in [2.75, 3.05) is 0 Å². The molecule has 0 aliphatic heterocycles. The normalized spacial score (nSPS) is 0. The summed E-state index contributed by atoms with van der Waals surface area (Å²) in [6.07, 6.45) is 0. The van der Waals surface area contributed by atoms with Crippen molar-refractivity contribution in [3.63, 3.8) is 0 Å². The van der Waals surface area contributed by atoms with Crippen LogP contribution in [0.4, 0.5) is 0 Å². The fourth-order valence-corrected chi connectivity index (χ4v) is 0. The van der Waals surface area contributed by atoms with E-state index in [1.54, 1.807) is 0 Å². The van der Waals surface area contributed by atoms with Gasteiger partial charge in [-0.3, -0.25) is 0 Å². The molecule has 0 aliphatic rings. The number of rotatable bonds is 0. The third-order valence-electron chi connectivity index (χ3n) is 0. The van der Waals surface area contributed by atoms with Crippen molar-refractivity contribution >= 4 is 17.4 Å². The van der Waals surface area contributed by atoms with Crippen molar-refractivity contribution in [1.29, 1.82) is 0 Å². The summed E-state index contributed by atoms with van der Waals surface area (Å²) >= 11 is 0. The first-order chi connectivity index (χ1) is 0. The molecule has 5 heteroatoms. The average molecular weight is 266 g/mol. The van der Waals surface area contributed by atoms with Crippen molar-refractivity contribution in [1.82, 2.24) is 0 Å². The van der Waals surface area contributed by atoms with E-state index in [1.807, 2.05) is 0 Å². The Hall–Kier alpha value is 2.57. The minimum absolute atomic E-state index is 0. The Balaban J connectivity index is 0. The zero-order valence-corrected chi connectivity index (χ0v) is 5.48. The van der Waals surface area contributed by atoms with E-state index in [-0.39, 0.29) is 84.8 Å². The molecule has 0 spiro atoms. The molecule has 0 aromatic heterocycles. The van der Waals surface area contributed by atoms with E-state index in [0.29, 0.717) is 0 Å². The topological polar surface area (TPSA) is 0 Å². The Morgan fingerprint density at radius 2 is 1.00 bits per heavy atom. The minimum atomic E-state index is 0. The van der Waals surface area contributed by atoms with Gasteiger partial charge in [-0.25, -0.2) is 0 Å². The smallest absolute Gasteiger partial charge is 0 e. The summed E-state index contributed by atoms with van der Waals surface area (Å²) in [7, 11) is 0. The Kier molecular flexibility index (Phi) is 305. The van der Waals surface area contributed by atoms with Gasteiger partial charge in [0.25, 0.3) is 0 Å². The zero-order valence-electron chi connectivity index (χ0n) is 1.33. The van der Waals surface area contributed by atoms with Crippen LogP contribution in [0.25, 0.3) is 0 Å². The third kappa shape index (κ3) is 20.8. The molecular formula is H3AlCoCuMnNi. The molecule has 0 aromatic rings. The SMILES string of the molecule is [AlH3].[Co].[Cu].[Mn].[Ni]. The largest absolute Gasteiger partial charge is 0.187 e. The van der Waals surface area contributed by atoms with Crippen LogP contribution in [-0.4, -0.2) is 17.4 Å². The molecule has 5 heavy (non-hydrogen) atoms. The summed E-state index contributed by atoms with van der Waals surface area (Å²) in [5.74, 6) is 0. The Labute approximate surface area is 83.8 Å². The van der Waals surface area contributed by atoms with E-state index in [0.717, 1.165) is 0 Å². The van der Waals surface area contributed by atoms with Gasteiger partial charge in [0.15, 0.2) is 17.4 Å². The molecular weight excluding hydrogens is 263 g/mol. The molecule has 0 aliphatic carbocycles. The van der Waals surface area contributed by atoms with E-state index in [2.05, 4.69) is 0 Å². The predicted molar refractivity (Wildman–Crippen MR) is 9.94 cm³/mol. The molecule has 43 valence electrons. The monoisotopic (exact) mass is 265 g/mol. The van der Waals surface area contributed by atoms with Crippen LogP contribution in [0.3, 0.4) is 0 Å². The van der Waals surface area contributed by atoms with Crippen molar-refractivity contribution < 1.29 is 67.4 Å². The van der Waals surface area contributed by atoms with Crippen LogP contribution in [-0.2, 0) is 67.4 Å². The maximum atomic E-state index is 0. The number of hydrogen-bond acceptors (Lipinski definition) is 0. The van der Waals surface area contributed by atoms with Crippen LogP contribution in [0.5, 0.6) is 0 Å². The Morgan fingerprint density at radius 3 is 1.00 bits per heavy atom. The third-order valence-corrected chi connectivity index (χ3v) is 0. The van der Waals surface area contributed by atoms with Crippen molar-refractivity contribution in [2.24, 2.45) is 0 Å². The molecule has 0 atom stereocenters. The van der Waals surface area contributed by atoms with Gasteiger partial charge >= 0.3 is 0 Å². The maximum absolute atomic E-state index is 0. The standard InChI is InChI=1S/Al.Co.Cu.Mn.Ni.3H. The van der Waals surface area contributed by atoms with E-state index in [9.17, 15) is 0 Å². The van der Waals surface area contributed by atoms with Gasteiger partial charge in [0.2, 0.25) is 0 Å². The minimum Gasteiger partial charge on any atom is 0 e. The molecule has 0 saturated carbocycles. The van der Waals surface area contributed by atoms with E-state index in [4.69, 9.17) is 0 Å². The van der Waals surface area contributed by atoms with Gasteiger partial charge in [-0.2, -0.15) is 0 Å². The quantitative estimate of drug-likeness (QED) is 0.483. The van der Waals surface area contributed by atoms with E-state index in [1.165, 1.54) is 0 Å². The number of hydrogen-bond donors (Lipinski definition) is 0. The van der Waals surface area contributed by atoms with Crippen molar-refractivity contribution in [3.8, 4) is 0 Å². The van der Waals surface area contributed by atoms with Crippen molar-refractivity contribution in [3.05, 3.63) is 0 Å². The molecule has 0 aromatic carbocycles.